The van der Waals surface area contributed by atoms with Crippen LogP contribution in [-0.2, 0) is 11.3 Å². The van der Waals surface area contributed by atoms with Gasteiger partial charge in [-0.1, -0.05) is 24.3 Å². The number of carbonyl (C=O) groups excluding carboxylic acids is 1. The number of hydrogen-bond acceptors (Lipinski definition) is 3. The Morgan fingerprint density at radius 3 is 2.65 bits per heavy atom. The topological polar surface area (TPSA) is 45.2 Å². The minimum Gasteiger partial charge on any atom is -0.342 e. The van der Waals surface area contributed by atoms with Gasteiger partial charge < -0.3 is 10.2 Å². The zero-order valence-corrected chi connectivity index (χ0v) is 12.1. The van der Waals surface area contributed by atoms with Gasteiger partial charge in [0.1, 0.15) is 0 Å². The average Bonchev–Trinajstić information content (AvgIpc) is 2.48. The molecule has 1 amide bonds. The number of pyridine rings is 1. The van der Waals surface area contributed by atoms with Gasteiger partial charge in [0.15, 0.2) is 0 Å². The van der Waals surface area contributed by atoms with Crippen molar-refractivity contribution in [1.82, 2.24) is 15.2 Å². The first-order valence-corrected chi connectivity index (χ1v) is 7.07. The van der Waals surface area contributed by atoms with Crippen molar-refractivity contribution in [2.45, 2.75) is 20.4 Å². The fourth-order valence-corrected chi connectivity index (χ4v) is 2.19. The molecule has 0 unspecified atom stereocenters. The van der Waals surface area contributed by atoms with Crippen LogP contribution in [0.2, 0.25) is 0 Å². The minimum absolute atomic E-state index is 0.135. The van der Waals surface area contributed by atoms with Crippen LogP contribution in [0.1, 0.15) is 19.5 Å². The third-order valence-corrected chi connectivity index (χ3v) is 3.35. The number of benzene rings is 1. The lowest BCUT2D eigenvalue weighted by Crippen LogP contribution is -2.37. The quantitative estimate of drug-likeness (QED) is 0.876. The molecule has 0 radical (unpaired) electrons. The summed E-state index contributed by atoms with van der Waals surface area (Å²) < 4.78 is 0. The number of para-hydroxylation sites is 1. The van der Waals surface area contributed by atoms with Gasteiger partial charge in [-0.2, -0.15) is 0 Å². The van der Waals surface area contributed by atoms with E-state index in [-0.39, 0.29) is 5.91 Å². The Hall–Kier alpha value is -1.94. The van der Waals surface area contributed by atoms with E-state index in [4.69, 9.17) is 0 Å². The lowest BCUT2D eigenvalue weighted by molar-refractivity contribution is -0.129. The molecule has 0 aliphatic rings. The molecule has 0 aliphatic carbocycles. The van der Waals surface area contributed by atoms with Crippen molar-refractivity contribution in [3.63, 3.8) is 0 Å². The Labute approximate surface area is 119 Å². The van der Waals surface area contributed by atoms with Gasteiger partial charge in [-0.3, -0.25) is 9.78 Å². The summed E-state index contributed by atoms with van der Waals surface area (Å²) in [4.78, 5) is 18.2. The van der Waals surface area contributed by atoms with Crippen LogP contribution in [0.25, 0.3) is 10.9 Å². The van der Waals surface area contributed by atoms with E-state index in [1.165, 1.54) is 0 Å². The number of nitrogens with zero attached hydrogens (tertiary/aromatic N) is 2. The van der Waals surface area contributed by atoms with Crippen LogP contribution >= 0.6 is 0 Å². The van der Waals surface area contributed by atoms with Crippen molar-refractivity contribution in [3.8, 4) is 0 Å². The molecule has 2 aromatic rings. The van der Waals surface area contributed by atoms with Gasteiger partial charge in [-0.25, -0.2) is 0 Å². The Bertz CT molecular complexity index is 579. The van der Waals surface area contributed by atoms with Crippen molar-refractivity contribution >= 4 is 16.8 Å². The van der Waals surface area contributed by atoms with E-state index < -0.39 is 0 Å². The fraction of sp³-hybridized carbons (Fsp3) is 0.375. The van der Waals surface area contributed by atoms with Gasteiger partial charge in [-0.05, 0) is 26.0 Å². The van der Waals surface area contributed by atoms with E-state index in [0.29, 0.717) is 13.1 Å². The highest BCUT2D eigenvalue weighted by molar-refractivity contribution is 5.79. The van der Waals surface area contributed by atoms with Crippen LogP contribution in [0.4, 0.5) is 0 Å². The second-order valence-corrected chi connectivity index (χ2v) is 4.66. The number of fused-ring (bicyclic) bond motifs is 1. The molecule has 106 valence electrons. The molecule has 0 fully saturated rings. The molecule has 0 atom stereocenters. The highest BCUT2D eigenvalue weighted by atomic mass is 16.2. The molecule has 1 heterocycles. The Morgan fingerprint density at radius 2 is 1.90 bits per heavy atom. The van der Waals surface area contributed by atoms with E-state index >= 15 is 0 Å². The van der Waals surface area contributed by atoms with Gasteiger partial charge in [-0.15, -0.1) is 0 Å². The van der Waals surface area contributed by atoms with Gasteiger partial charge in [0.05, 0.1) is 17.8 Å². The third-order valence-electron chi connectivity index (χ3n) is 3.35. The second-order valence-electron chi connectivity index (χ2n) is 4.66. The van der Waals surface area contributed by atoms with Crippen molar-refractivity contribution in [3.05, 3.63) is 42.1 Å². The largest absolute Gasteiger partial charge is 0.342 e. The smallest absolute Gasteiger partial charge is 0.236 e. The van der Waals surface area contributed by atoms with Crippen LogP contribution in [0.5, 0.6) is 0 Å². The molecule has 1 aromatic carbocycles. The number of carbonyl (C=O) groups is 1. The molecule has 0 saturated carbocycles. The van der Waals surface area contributed by atoms with Crippen molar-refractivity contribution in [2.75, 3.05) is 19.6 Å². The molecule has 20 heavy (non-hydrogen) atoms. The normalized spacial score (nSPS) is 10.7. The lowest BCUT2D eigenvalue weighted by atomic mass is 10.2. The molecule has 0 bridgehead atoms. The van der Waals surface area contributed by atoms with E-state index in [9.17, 15) is 4.79 Å². The maximum Gasteiger partial charge on any atom is 0.236 e. The molecule has 4 nitrogen and oxygen atoms in total. The number of rotatable bonds is 6. The monoisotopic (exact) mass is 271 g/mol. The maximum atomic E-state index is 11.9. The zero-order valence-electron chi connectivity index (χ0n) is 12.1. The van der Waals surface area contributed by atoms with E-state index in [1.54, 1.807) is 0 Å². The number of likely N-dealkylation sites (N-methyl/N-ethyl adjacent to an activating group) is 1. The molecule has 2 rings (SSSR count). The van der Waals surface area contributed by atoms with E-state index in [1.807, 2.05) is 49.1 Å². The molecular formula is C16H21N3O. The van der Waals surface area contributed by atoms with Crippen molar-refractivity contribution in [2.24, 2.45) is 0 Å². The summed E-state index contributed by atoms with van der Waals surface area (Å²) in [6, 6.07) is 12.1. The number of hydrogen-bond donors (Lipinski definition) is 1. The summed E-state index contributed by atoms with van der Waals surface area (Å²) in [6.45, 7) is 6.46. The van der Waals surface area contributed by atoms with Gasteiger partial charge >= 0.3 is 0 Å². The Kier molecular flexibility index (Phi) is 5.07. The Balaban J connectivity index is 1.91. The van der Waals surface area contributed by atoms with Gasteiger partial charge in [0.25, 0.3) is 0 Å². The number of amides is 1. The predicted molar refractivity (Wildman–Crippen MR) is 81.4 cm³/mol. The summed E-state index contributed by atoms with van der Waals surface area (Å²) in [7, 11) is 0. The Morgan fingerprint density at radius 1 is 1.15 bits per heavy atom. The molecule has 4 heteroatoms. The first-order valence-electron chi connectivity index (χ1n) is 7.07. The van der Waals surface area contributed by atoms with E-state index in [2.05, 4.69) is 16.4 Å². The highest BCUT2D eigenvalue weighted by Gasteiger charge is 2.08. The first kappa shape index (κ1) is 14.5. The van der Waals surface area contributed by atoms with Crippen LogP contribution in [0.3, 0.4) is 0 Å². The molecular weight excluding hydrogens is 250 g/mol. The van der Waals surface area contributed by atoms with Gasteiger partial charge in [0.2, 0.25) is 5.91 Å². The van der Waals surface area contributed by atoms with Gasteiger partial charge in [0, 0.05) is 25.0 Å². The summed E-state index contributed by atoms with van der Waals surface area (Å²) in [5.74, 6) is 0.135. The summed E-state index contributed by atoms with van der Waals surface area (Å²) in [6.07, 6.45) is 0. The van der Waals surface area contributed by atoms with Crippen molar-refractivity contribution in [1.29, 1.82) is 0 Å². The van der Waals surface area contributed by atoms with Crippen LogP contribution in [-0.4, -0.2) is 35.4 Å². The second kappa shape index (κ2) is 7.01. The SMILES string of the molecule is CCN(CC)C(=O)CNCc1ccc2ccccc2n1. The molecule has 0 aliphatic heterocycles. The minimum atomic E-state index is 0.135. The summed E-state index contributed by atoms with van der Waals surface area (Å²) in [5, 5.41) is 4.30. The van der Waals surface area contributed by atoms with Crippen LogP contribution < -0.4 is 5.32 Å². The zero-order chi connectivity index (χ0) is 14.4. The molecule has 1 N–H and O–H groups in total. The summed E-state index contributed by atoms with van der Waals surface area (Å²) in [5.41, 5.74) is 1.94. The summed E-state index contributed by atoms with van der Waals surface area (Å²) >= 11 is 0. The molecule has 0 saturated heterocycles. The van der Waals surface area contributed by atoms with Crippen LogP contribution in [0, 0.1) is 0 Å². The first-order chi connectivity index (χ1) is 9.74. The highest BCUT2D eigenvalue weighted by Crippen LogP contribution is 2.11. The maximum absolute atomic E-state index is 11.9. The fourth-order valence-electron chi connectivity index (χ4n) is 2.19. The van der Waals surface area contributed by atoms with Crippen LogP contribution in [0.15, 0.2) is 36.4 Å². The molecule has 1 aromatic heterocycles. The third kappa shape index (κ3) is 3.54. The molecule has 0 spiro atoms. The lowest BCUT2D eigenvalue weighted by Gasteiger charge is -2.18. The van der Waals surface area contributed by atoms with Crippen molar-refractivity contribution < 1.29 is 4.79 Å². The standard InChI is InChI=1S/C16H21N3O/c1-3-19(4-2)16(20)12-17-11-14-10-9-13-7-5-6-8-15(13)18-14/h5-10,17H,3-4,11-12H2,1-2H3. The average molecular weight is 271 g/mol. The van der Waals surface area contributed by atoms with E-state index in [0.717, 1.165) is 29.7 Å². The predicted octanol–water partition coefficient (Wildman–Crippen LogP) is 2.19. The number of aromatic nitrogens is 1. The number of nitrogens with one attached hydrogen (secondary N) is 1.